The molecule has 0 aromatic rings. The third kappa shape index (κ3) is 4.01. The Morgan fingerprint density at radius 1 is 1.53 bits per heavy atom. The summed E-state index contributed by atoms with van der Waals surface area (Å²) in [4.78, 5) is 11.5. The summed E-state index contributed by atoms with van der Waals surface area (Å²) in [7, 11) is 0. The number of hydrogen-bond donors (Lipinski definition) is 1. The topological polar surface area (TPSA) is 38.3 Å². The van der Waals surface area contributed by atoms with E-state index < -0.39 is 5.60 Å². The van der Waals surface area contributed by atoms with E-state index in [-0.39, 0.29) is 12.1 Å². The molecule has 1 N–H and O–H groups in total. The van der Waals surface area contributed by atoms with Crippen molar-refractivity contribution in [2.75, 3.05) is 0 Å². The van der Waals surface area contributed by atoms with Gasteiger partial charge in [-0.2, -0.15) is 0 Å². The lowest BCUT2D eigenvalue weighted by Gasteiger charge is -2.22. The number of carbonyl (C=O) groups is 1. The largest absolute Gasteiger partial charge is 0.444 e. The van der Waals surface area contributed by atoms with Crippen LogP contribution in [0.5, 0.6) is 0 Å². The van der Waals surface area contributed by atoms with Gasteiger partial charge < -0.3 is 10.1 Å². The number of amides is 1. The van der Waals surface area contributed by atoms with Crippen molar-refractivity contribution in [3.05, 3.63) is 9.15 Å². The number of hydrogen-bond acceptors (Lipinski definition) is 2. The van der Waals surface area contributed by atoms with Gasteiger partial charge in [0.2, 0.25) is 0 Å². The van der Waals surface area contributed by atoms with E-state index >= 15 is 0 Å². The molecule has 0 radical (unpaired) electrons. The average molecular weight is 323 g/mol. The molecule has 1 atom stereocenters. The molecule has 0 heterocycles. The highest BCUT2D eigenvalue weighted by atomic mass is 127. The molecule has 0 aromatic carbocycles. The molecule has 1 aliphatic carbocycles. The third-order valence-electron chi connectivity index (χ3n) is 2.21. The van der Waals surface area contributed by atoms with Crippen LogP contribution >= 0.6 is 22.6 Å². The number of nitrogens with one attached hydrogen (secondary N) is 1. The molecule has 15 heavy (non-hydrogen) atoms. The highest BCUT2D eigenvalue weighted by Gasteiger charge is 2.25. The smallest absolute Gasteiger partial charge is 0.408 e. The van der Waals surface area contributed by atoms with Crippen molar-refractivity contribution in [3.63, 3.8) is 0 Å². The number of ether oxygens (including phenoxy) is 1. The van der Waals surface area contributed by atoms with Crippen LogP contribution in [-0.2, 0) is 4.74 Å². The molecule has 86 valence electrons. The van der Waals surface area contributed by atoms with Crippen molar-refractivity contribution in [1.82, 2.24) is 5.32 Å². The zero-order valence-electron chi connectivity index (χ0n) is 9.69. The van der Waals surface area contributed by atoms with Crippen LogP contribution < -0.4 is 5.32 Å². The van der Waals surface area contributed by atoms with Crippen molar-refractivity contribution in [2.45, 2.75) is 52.2 Å². The van der Waals surface area contributed by atoms with E-state index in [2.05, 4.69) is 34.8 Å². The van der Waals surface area contributed by atoms with Crippen molar-refractivity contribution in [1.29, 1.82) is 0 Å². The normalized spacial score (nSPS) is 21.8. The first-order chi connectivity index (χ1) is 6.79. The minimum Gasteiger partial charge on any atom is -0.444 e. The maximum Gasteiger partial charge on any atom is 0.408 e. The van der Waals surface area contributed by atoms with Gasteiger partial charge in [0.25, 0.3) is 0 Å². The fourth-order valence-corrected chi connectivity index (χ4v) is 2.23. The van der Waals surface area contributed by atoms with E-state index in [1.165, 1.54) is 9.15 Å². The van der Waals surface area contributed by atoms with Gasteiger partial charge in [-0.3, -0.25) is 0 Å². The average Bonchev–Trinajstić information content (AvgIpc) is 2.32. The molecule has 0 saturated carbocycles. The molecular formula is C11H18INO2. The molecule has 0 saturated heterocycles. The Bertz CT molecular complexity index is 291. The van der Waals surface area contributed by atoms with Crippen LogP contribution in [0.3, 0.4) is 0 Å². The Morgan fingerprint density at radius 2 is 2.13 bits per heavy atom. The number of halogens is 1. The predicted molar refractivity (Wildman–Crippen MR) is 69.1 cm³/mol. The van der Waals surface area contributed by atoms with E-state index in [9.17, 15) is 4.79 Å². The first-order valence-corrected chi connectivity index (χ1v) is 6.22. The summed E-state index contributed by atoms with van der Waals surface area (Å²) >= 11 is 2.30. The molecule has 0 spiro atoms. The monoisotopic (exact) mass is 323 g/mol. The molecule has 1 aliphatic rings. The Balaban J connectivity index is 2.47. The van der Waals surface area contributed by atoms with Crippen molar-refractivity contribution < 1.29 is 9.53 Å². The highest BCUT2D eigenvalue weighted by Crippen LogP contribution is 2.30. The summed E-state index contributed by atoms with van der Waals surface area (Å²) in [5, 5.41) is 2.89. The zero-order chi connectivity index (χ0) is 11.6. The van der Waals surface area contributed by atoms with E-state index in [0.717, 1.165) is 12.8 Å². The summed E-state index contributed by atoms with van der Waals surface area (Å²) in [6.07, 6.45) is 1.73. The van der Waals surface area contributed by atoms with Crippen LogP contribution in [0.2, 0.25) is 0 Å². The minimum absolute atomic E-state index is 0.153. The standard InChI is InChI=1S/C11H18INO2/c1-7-5-6-8(9(7)12)13-10(14)15-11(2,3)4/h8H,5-6H2,1-4H3,(H,13,14). The molecule has 1 rings (SSSR count). The lowest BCUT2D eigenvalue weighted by atomic mass is 10.2. The summed E-state index contributed by atoms with van der Waals surface area (Å²) in [6.45, 7) is 7.71. The van der Waals surface area contributed by atoms with E-state index in [0.29, 0.717) is 0 Å². The van der Waals surface area contributed by atoms with E-state index in [4.69, 9.17) is 4.74 Å². The van der Waals surface area contributed by atoms with Crippen LogP contribution in [-0.4, -0.2) is 17.7 Å². The number of allylic oxidation sites excluding steroid dienone is 1. The molecule has 0 aliphatic heterocycles. The lowest BCUT2D eigenvalue weighted by molar-refractivity contribution is 0.0514. The predicted octanol–water partition coefficient (Wildman–Crippen LogP) is 3.38. The first-order valence-electron chi connectivity index (χ1n) is 5.14. The maximum atomic E-state index is 11.5. The summed E-state index contributed by atoms with van der Waals surface area (Å²) in [6, 6.07) is 0.153. The molecule has 0 bridgehead atoms. The van der Waals surface area contributed by atoms with Gasteiger partial charge >= 0.3 is 6.09 Å². The molecule has 0 aromatic heterocycles. The molecular weight excluding hydrogens is 305 g/mol. The van der Waals surface area contributed by atoms with Crippen molar-refractivity contribution in [3.8, 4) is 0 Å². The maximum absolute atomic E-state index is 11.5. The van der Waals surface area contributed by atoms with Crippen LogP contribution in [0.25, 0.3) is 0 Å². The van der Waals surface area contributed by atoms with Gasteiger partial charge in [0, 0.05) is 3.58 Å². The summed E-state index contributed by atoms with van der Waals surface area (Å²) in [5.74, 6) is 0. The van der Waals surface area contributed by atoms with Crippen molar-refractivity contribution in [2.24, 2.45) is 0 Å². The minimum atomic E-state index is -0.424. The Hall–Kier alpha value is -0.260. The van der Waals surface area contributed by atoms with Gasteiger partial charge in [-0.1, -0.05) is 5.57 Å². The molecule has 1 amide bonds. The van der Waals surface area contributed by atoms with Gasteiger partial charge in [-0.05, 0) is 63.1 Å². The molecule has 4 heteroatoms. The molecule has 0 fully saturated rings. The van der Waals surface area contributed by atoms with Gasteiger partial charge in [-0.15, -0.1) is 0 Å². The van der Waals surface area contributed by atoms with E-state index in [1.54, 1.807) is 0 Å². The van der Waals surface area contributed by atoms with Gasteiger partial charge in [0.15, 0.2) is 0 Å². The lowest BCUT2D eigenvalue weighted by Crippen LogP contribution is -2.38. The zero-order valence-corrected chi connectivity index (χ0v) is 11.8. The Labute approximate surface area is 105 Å². The first kappa shape index (κ1) is 12.8. The Morgan fingerprint density at radius 3 is 2.53 bits per heavy atom. The summed E-state index contributed by atoms with van der Waals surface area (Å²) in [5.41, 5.74) is 0.948. The van der Waals surface area contributed by atoms with E-state index in [1.807, 2.05) is 20.8 Å². The number of alkyl carbamates (subject to hydrolysis) is 1. The fraction of sp³-hybridized carbons (Fsp3) is 0.727. The molecule has 3 nitrogen and oxygen atoms in total. The van der Waals surface area contributed by atoms with Crippen LogP contribution in [0.4, 0.5) is 4.79 Å². The second-order valence-corrected chi connectivity index (χ2v) is 6.03. The van der Waals surface area contributed by atoms with Gasteiger partial charge in [0.1, 0.15) is 5.60 Å². The second kappa shape index (κ2) is 4.72. The van der Waals surface area contributed by atoms with Crippen LogP contribution in [0.15, 0.2) is 9.15 Å². The quantitative estimate of drug-likeness (QED) is 0.751. The highest BCUT2D eigenvalue weighted by molar-refractivity contribution is 14.1. The summed E-state index contributed by atoms with van der Waals surface area (Å²) < 4.78 is 6.46. The third-order valence-corrected chi connectivity index (χ3v) is 3.89. The number of rotatable bonds is 1. The SMILES string of the molecule is CC1=C(I)C(NC(=O)OC(C)(C)C)CC1. The Kier molecular flexibility index (Phi) is 4.03. The fourth-order valence-electron chi connectivity index (χ4n) is 1.49. The second-order valence-electron chi connectivity index (χ2n) is 4.87. The number of carbonyl (C=O) groups excluding carboxylic acids is 1. The molecule has 1 unspecified atom stereocenters. The van der Waals surface area contributed by atoms with Gasteiger partial charge in [-0.25, -0.2) is 4.79 Å². The van der Waals surface area contributed by atoms with Crippen molar-refractivity contribution >= 4 is 28.7 Å². The van der Waals surface area contributed by atoms with Crippen LogP contribution in [0.1, 0.15) is 40.5 Å². The van der Waals surface area contributed by atoms with Crippen LogP contribution in [0, 0.1) is 0 Å². The van der Waals surface area contributed by atoms with Gasteiger partial charge in [0.05, 0.1) is 6.04 Å².